The number of benzene rings is 1. The minimum Gasteiger partial charge on any atom is -0.350 e. The smallest absolute Gasteiger partial charge is 0.0734 e. The third kappa shape index (κ3) is 1.33. The van der Waals surface area contributed by atoms with Crippen LogP contribution in [-0.4, -0.2) is 17.6 Å². The molecule has 88 valence electrons. The third-order valence-electron chi connectivity index (χ3n) is 4.35. The second-order valence-electron chi connectivity index (χ2n) is 5.24. The van der Waals surface area contributed by atoms with Gasteiger partial charge in [0.05, 0.1) is 5.03 Å². The maximum atomic E-state index is 4.59. The molecule has 1 aliphatic carbocycles. The molecule has 4 rings (SSSR count). The summed E-state index contributed by atoms with van der Waals surface area (Å²) in [5, 5.41) is 6.17. The first-order valence-electron chi connectivity index (χ1n) is 6.40. The summed E-state index contributed by atoms with van der Waals surface area (Å²) in [7, 11) is 0. The third-order valence-corrected chi connectivity index (χ3v) is 4.73. The minimum absolute atomic E-state index is 0.614. The molecule has 0 radical (unpaired) electrons. The van der Waals surface area contributed by atoms with Crippen LogP contribution in [0.1, 0.15) is 29.9 Å². The molecular formula is C14H16N2S. The van der Waals surface area contributed by atoms with Gasteiger partial charge in [0, 0.05) is 22.9 Å². The lowest BCUT2D eigenvalue weighted by molar-refractivity contribution is 0.344. The second-order valence-corrected chi connectivity index (χ2v) is 5.68. The number of piperidine rings is 1. The summed E-state index contributed by atoms with van der Waals surface area (Å²) in [6.45, 7) is 1.17. The number of hydrogen-bond acceptors (Lipinski definition) is 2. The molecule has 0 amide bonds. The number of nitrogens with one attached hydrogen (secondary N) is 2. The van der Waals surface area contributed by atoms with Crippen LogP contribution in [0, 0.1) is 0 Å². The van der Waals surface area contributed by atoms with Crippen molar-refractivity contribution >= 4 is 23.5 Å². The Hall–Kier alpha value is -0.930. The molecule has 0 bridgehead atoms. The maximum Gasteiger partial charge on any atom is 0.0734 e. The van der Waals surface area contributed by atoms with Crippen LogP contribution in [0.5, 0.6) is 0 Å². The van der Waals surface area contributed by atoms with Crippen LogP contribution < -0.4 is 5.32 Å². The Balaban J connectivity index is 2.01. The monoisotopic (exact) mass is 244 g/mol. The van der Waals surface area contributed by atoms with E-state index < -0.39 is 0 Å². The first-order valence-corrected chi connectivity index (χ1v) is 6.85. The van der Waals surface area contributed by atoms with Gasteiger partial charge in [0.15, 0.2) is 0 Å². The van der Waals surface area contributed by atoms with E-state index in [0.29, 0.717) is 12.0 Å². The van der Waals surface area contributed by atoms with Crippen LogP contribution in [0.2, 0.25) is 0 Å². The van der Waals surface area contributed by atoms with E-state index in [4.69, 9.17) is 0 Å². The maximum absolute atomic E-state index is 4.59. The zero-order valence-corrected chi connectivity index (χ0v) is 10.6. The van der Waals surface area contributed by atoms with Crippen molar-refractivity contribution < 1.29 is 0 Å². The zero-order valence-electron chi connectivity index (χ0n) is 9.66. The highest BCUT2D eigenvalue weighted by atomic mass is 32.1. The number of H-pyrrole nitrogens is 1. The largest absolute Gasteiger partial charge is 0.350 e. The Labute approximate surface area is 106 Å². The predicted octanol–water partition coefficient (Wildman–Crippen LogP) is 2.85. The zero-order chi connectivity index (χ0) is 11.4. The van der Waals surface area contributed by atoms with Crippen molar-refractivity contribution in [3.8, 4) is 0 Å². The van der Waals surface area contributed by atoms with E-state index in [2.05, 4.69) is 41.1 Å². The molecule has 2 aliphatic rings. The summed E-state index contributed by atoms with van der Waals surface area (Å²) in [6, 6.07) is 7.25. The van der Waals surface area contributed by atoms with Crippen molar-refractivity contribution in [1.29, 1.82) is 0 Å². The summed E-state index contributed by atoms with van der Waals surface area (Å²) in [6.07, 6.45) is 3.74. The average molecular weight is 244 g/mol. The molecule has 0 saturated carbocycles. The van der Waals surface area contributed by atoms with Gasteiger partial charge >= 0.3 is 0 Å². The van der Waals surface area contributed by atoms with Crippen LogP contribution in [0.25, 0.3) is 10.9 Å². The normalized spacial score (nSPS) is 27.1. The van der Waals surface area contributed by atoms with Crippen molar-refractivity contribution in [3.63, 3.8) is 0 Å². The standard InChI is InChI=1S/C14H16N2S/c17-14-10-7-12-8(4-2-6-15-12)9-3-1-5-11(16-14)13(9)10/h1,3,5,8,12,15-17H,2,4,6-7H2/t8-,12-/m1/s1. The Bertz CT molecular complexity index is 587. The van der Waals surface area contributed by atoms with E-state index in [1.165, 1.54) is 41.4 Å². The Morgan fingerprint density at radius 2 is 2.24 bits per heavy atom. The van der Waals surface area contributed by atoms with Crippen LogP contribution in [0.4, 0.5) is 0 Å². The molecule has 1 aromatic carbocycles. The lowest BCUT2D eigenvalue weighted by Gasteiger charge is -2.36. The van der Waals surface area contributed by atoms with E-state index in [9.17, 15) is 0 Å². The quantitative estimate of drug-likeness (QED) is 0.611. The molecule has 3 heteroatoms. The lowest BCUT2D eigenvalue weighted by atomic mass is 9.76. The van der Waals surface area contributed by atoms with Crippen LogP contribution in [0.3, 0.4) is 0 Å². The van der Waals surface area contributed by atoms with Gasteiger partial charge in [-0.1, -0.05) is 12.1 Å². The average Bonchev–Trinajstić information content (AvgIpc) is 2.68. The van der Waals surface area contributed by atoms with Gasteiger partial charge in [-0.3, -0.25) is 0 Å². The van der Waals surface area contributed by atoms with Crippen molar-refractivity contribution in [3.05, 3.63) is 29.3 Å². The fourth-order valence-electron chi connectivity index (χ4n) is 3.60. The molecule has 2 N–H and O–H groups in total. The summed E-state index contributed by atoms with van der Waals surface area (Å²) >= 11 is 4.59. The van der Waals surface area contributed by atoms with Gasteiger partial charge in [0.25, 0.3) is 0 Å². The summed E-state index contributed by atoms with van der Waals surface area (Å²) in [4.78, 5) is 3.40. The SMILES string of the molecule is Sc1[nH]c2cccc3c2c1C[C@H]1NCCC[C@H]31. The number of rotatable bonds is 0. The molecule has 1 aromatic heterocycles. The Morgan fingerprint density at radius 1 is 1.29 bits per heavy atom. The van der Waals surface area contributed by atoms with Gasteiger partial charge in [0.1, 0.15) is 0 Å². The van der Waals surface area contributed by atoms with Crippen molar-refractivity contribution in [2.45, 2.75) is 36.2 Å². The number of aromatic amines is 1. The van der Waals surface area contributed by atoms with Gasteiger partial charge in [-0.05, 0) is 43.0 Å². The summed E-state index contributed by atoms with van der Waals surface area (Å²) in [5.74, 6) is 0.698. The highest BCUT2D eigenvalue weighted by Crippen LogP contribution is 2.42. The van der Waals surface area contributed by atoms with Gasteiger partial charge in [-0.2, -0.15) is 0 Å². The molecule has 2 heterocycles. The van der Waals surface area contributed by atoms with Crippen LogP contribution >= 0.6 is 12.6 Å². The molecule has 1 fully saturated rings. The molecule has 1 saturated heterocycles. The molecule has 0 unspecified atom stereocenters. The molecule has 0 spiro atoms. The van der Waals surface area contributed by atoms with Gasteiger partial charge < -0.3 is 10.3 Å². The van der Waals surface area contributed by atoms with Gasteiger partial charge in [-0.15, -0.1) is 12.6 Å². The minimum atomic E-state index is 0.614. The van der Waals surface area contributed by atoms with Gasteiger partial charge in [-0.25, -0.2) is 0 Å². The summed E-state index contributed by atoms with van der Waals surface area (Å²) < 4.78 is 0. The number of thiol groups is 1. The Morgan fingerprint density at radius 3 is 3.18 bits per heavy atom. The van der Waals surface area contributed by atoms with Crippen molar-refractivity contribution in [2.75, 3.05) is 6.54 Å². The first-order chi connectivity index (χ1) is 8.34. The topological polar surface area (TPSA) is 27.8 Å². The highest BCUT2D eigenvalue weighted by molar-refractivity contribution is 7.80. The summed E-state index contributed by atoms with van der Waals surface area (Å²) in [5.41, 5.74) is 4.19. The van der Waals surface area contributed by atoms with Crippen molar-refractivity contribution in [2.24, 2.45) is 0 Å². The number of aromatic nitrogens is 1. The van der Waals surface area contributed by atoms with Crippen LogP contribution in [0.15, 0.2) is 23.2 Å². The number of fused-ring (bicyclic) bond motifs is 2. The van der Waals surface area contributed by atoms with E-state index in [-0.39, 0.29) is 0 Å². The second kappa shape index (κ2) is 3.53. The van der Waals surface area contributed by atoms with Crippen LogP contribution in [-0.2, 0) is 6.42 Å². The molecule has 2 aromatic rings. The van der Waals surface area contributed by atoms with Crippen molar-refractivity contribution in [1.82, 2.24) is 10.3 Å². The molecule has 2 nitrogen and oxygen atoms in total. The molecular weight excluding hydrogens is 228 g/mol. The predicted molar refractivity (Wildman–Crippen MR) is 73.0 cm³/mol. The lowest BCUT2D eigenvalue weighted by Crippen LogP contribution is -2.43. The molecule has 2 atom stereocenters. The van der Waals surface area contributed by atoms with E-state index in [1.54, 1.807) is 0 Å². The fourth-order valence-corrected chi connectivity index (χ4v) is 3.92. The highest BCUT2D eigenvalue weighted by Gasteiger charge is 2.33. The first kappa shape index (κ1) is 10.0. The van der Waals surface area contributed by atoms with E-state index >= 15 is 0 Å². The van der Waals surface area contributed by atoms with E-state index in [0.717, 1.165) is 11.4 Å². The Kier molecular flexibility index (Phi) is 2.08. The number of hydrogen-bond donors (Lipinski definition) is 3. The van der Waals surface area contributed by atoms with E-state index in [1.807, 2.05) is 0 Å². The van der Waals surface area contributed by atoms with Gasteiger partial charge in [0.2, 0.25) is 0 Å². The molecule has 17 heavy (non-hydrogen) atoms. The fraction of sp³-hybridized carbons (Fsp3) is 0.429. The molecule has 1 aliphatic heterocycles.